The molecule has 1 aliphatic rings. The van der Waals surface area contributed by atoms with E-state index in [9.17, 15) is 4.79 Å². The summed E-state index contributed by atoms with van der Waals surface area (Å²) < 4.78 is 2.11. The molecule has 1 atom stereocenters. The molecule has 7 heteroatoms. The summed E-state index contributed by atoms with van der Waals surface area (Å²) in [5.41, 5.74) is 1.62. The van der Waals surface area contributed by atoms with E-state index in [1.54, 1.807) is 18.3 Å². The fourth-order valence-corrected chi connectivity index (χ4v) is 3.44. The Morgan fingerprint density at radius 3 is 2.74 bits per heavy atom. The van der Waals surface area contributed by atoms with Crippen LogP contribution in [0.25, 0.3) is 11.4 Å². The molecule has 0 saturated heterocycles. The van der Waals surface area contributed by atoms with Gasteiger partial charge in [-0.25, -0.2) is 4.98 Å². The van der Waals surface area contributed by atoms with Crippen LogP contribution < -0.4 is 10.2 Å². The van der Waals surface area contributed by atoms with Crippen molar-refractivity contribution in [3.63, 3.8) is 0 Å². The van der Waals surface area contributed by atoms with Crippen LogP contribution in [0.2, 0.25) is 0 Å². The third-order valence-electron chi connectivity index (χ3n) is 4.77. The van der Waals surface area contributed by atoms with Crippen molar-refractivity contribution in [1.82, 2.24) is 25.1 Å². The molecule has 0 saturated carbocycles. The van der Waals surface area contributed by atoms with Crippen LogP contribution in [0.4, 0.5) is 5.82 Å². The predicted molar refractivity (Wildman–Crippen MR) is 104 cm³/mol. The average Bonchev–Trinajstić information content (AvgIpc) is 3.12. The molecule has 3 aromatic rings. The molecule has 0 aliphatic carbocycles. The summed E-state index contributed by atoms with van der Waals surface area (Å²) in [6.07, 6.45) is 3.33. The lowest BCUT2D eigenvalue weighted by Crippen LogP contribution is -2.41. The second-order valence-electron chi connectivity index (χ2n) is 6.89. The molecule has 138 valence electrons. The molecule has 1 aliphatic heterocycles. The van der Waals surface area contributed by atoms with Crippen LogP contribution >= 0.6 is 0 Å². The summed E-state index contributed by atoms with van der Waals surface area (Å²) in [7, 11) is 3.77. The highest BCUT2D eigenvalue weighted by molar-refractivity contribution is 5.99. The van der Waals surface area contributed by atoms with Crippen molar-refractivity contribution in [2.24, 2.45) is 0 Å². The van der Waals surface area contributed by atoms with E-state index < -0.39 is 0 Å². The number of aromatic nitrogens is 4. The Balaban J connectivity index is 1.54. The third-order valence-corrected chi connectivity index (χ3v) is 4.77. The number of amides is 1. The molecule has 1 unspecified atom stereocenters. The van der Waals surface area contributed by atoms with Crippen molar-refractivity contribution in [2.75, 3.05) is 19.0 Å². The molecule has 0 spiro atoms. The minimum atomic E-state index is -0.102. The minimum Gasteiger partial charge on any atom is -0.362 e. The summed E-state index contributed by atoms with van der Waals surface area (Å²) in [4.78, 5) is 19.0. The maximum absolute atomic E-state index is 12.8. The van der Waals surface area contributed by atoms with Gasteiger partial charge in [-0.1, -0.05) is 30.3 Å². The molecule has 0 fully saturated rings. The van der Waals surface area contributed by atoms with Gasteiger partial charge in [-0.15, -0.1) is 10.2 Å². The molecule has 1 aromatic carbocycles. The van der Waals surface area contributed by atoms with Crippen LogP contribution in [0, 0.1) is 0 Å². The molecule has 0 bridgehead atoms. The Morgan fingerprint density at radius 2 is 1.96 bits per heavy atom. The van der Waals surface area contributed by atoms with Gasteiger partial charge in [0.2, 0.25) is 0 Å². The van der Waals surface area contributed by atoms with Crippen LogP contribution in [-0.2, 0) is 13.0 Å². The van der Waals surface area contributed by atoms with Crippen molar-refractivity contribution in [1.29, 1.82) is 0 Å². The monoisotopic (exact) mass is 362 g/mol. The van der Waals surface area contributed by atoms with E-state index in [2.05, 4.69) is 25.1 Å². The zero-order chi connectivity index (χ0) is 18.8. The lowest BCUT2D eigenvalue weighted by Gasteiger charge is -2.26. The first kappa shape index (κ1) is 17.2. The van der Waals surface area contributed by atoms with Gasteiger partial charge in [-0.3, -0.25) is 4.79 Å². The summed E-state index contributed by atoms with van der Waals surface area (Å²) in [6, 6.07) is 13.6. The Bertz CT molecular complexity index is 950. The summed E-state index contributed by atoms with van der Waals surface area (Å²) in [5, 5.41) is 11.8. The van der Waals surface area contributed by atoms with Crippen molar-refractivity contribution < 1.29 is 4.79 Å². The normalized spacial score (nSPS) is 15.9. The molecule has 0 radical (unpaired) electrons. The summed E-state index contributed by atoms with van der Waals surface area (Å²) in [6.45, 7) is 0.663. The number of carbonyl (C=O) groups is 1. The fourth-order valence-electron chi connectivity index (χ4n) is 3.44. The minimum absolute atomic E-state index is 0.0266. The first-order valence-electron chi connectivity index (χ1n) is 9.04. The number of pyridine rings is 1. The number of hydrogen-bond donors (Lipinski definition) is 1. The number of hydrogen-bond acceptors (Lipinski definition) is 5. The van der Waals surface area contributed by atoms with Gasteiger partial charge in [0, 0.05) is 44.9 Å². The summed E-state index contributed by atoms with van der Waals surface area (Å²) in [5.74, 6) is 2.38. The number of benzene rings is 1. The van der Waals surface area contributed by atoms with Crippen LogP contribution in [0.3, 0.4) is 0 Å². The number of aryl methyl sites for hydroxylation is 1. The van der Waals surface area contributed by atoms with Gasteiger partial charge < -0.3 is 14.8 Å². The summed E-state index contributed by atoms with van der Waals surface area (Å²) >= 11 is 0. The zero-order valence-electron chi connectivity index (χ0n) is 15.5. The molecule has 1 amide bonds. The number of fused-ring (bicyclic) bond motifs is 1. The van der Waals surface area contributed by atoms with Crippen molar-refractivity contribution in [3.8, 4) is 11.4 Å². The number of anilines is 1. The van der Waals surface area contributed by atoms with Gasteiger partial charge in [-0.2, -0.15) is 0 Å². The Kier molecular flexibility index (Phi) is 4.58. The predicted octanol–water partition coefficient (Wildman–Crippen LogP) is 2.15. The highest BCUT2D eigenvalue weighted by Gasteiger charge is 2.25. The van der Waals surface area contributed by atoms with Gasteiger partial charge in [0.1, 0.15) is 11.6 Å². The molecular formula is C20H22N6O. The molecule has 4 rings (SSSR count). The van der Waals surface area contributed by atoms with Crippen LogP contribution in [0.5, 0.6) is 0 Å². The Labute approximate surface area is 158 Å². The van der Waals surface area contributed by atoms with Crippen LogP contribution in [0.1, 0.15) is 22.6 Å². The highest BCUT2D eigenvalue weighted by Crippen LogP contribution is 2.23. The van der Waals surface area contributed by atoms with Gasteiger partial charge in [0.15, 0.2) is 5.82 Å². The van der Waals surface area contributed by atoms with E-state index in [1.807, 2.05) is 49.3 Å². The quantitative estimate of drug-likeness (QED) is 0.770. The van der Waals surface area contributed by atoms with E-state index in [0.717, 1.165) is 30.1 Å². The molecule has 27 heavy (non-hydrogen) atoms. The zero-order valence-corrected chi connectivity index (χ0v) is 15.5. The second kappa shape index (κ2) is 7.19. The maximum atomic E-state index is 12.8. The molecular weight excluding hydrogens is 340 g/mol. The van der Waals surface area contributed by atoms with E-state index >= 15 is 0 Å². The molecule has 1 N–H and O–H groups in total. The van der Waals surface area contributed by atoms with E-state index in [4.69, 9.17) is 0 Å². The SMILES string of the molecule is CN(C)c1ncccc1C(=O)NC1CCc2nnc(-c3ccccc3)n2C1. The van der Waals surface area contributed by atoms with Crippen LogP contribution in [0.15, 0.2) is 48.7 Å². The largest absolute Gasteiger partial charge is 0.362 e. The fraction of sp³-hybridized carbons (Fsp3) is 0.300. The van der Waals surface area contributed by atoms with E-state index in [0.29, 0.717) is 17.9 Å². The average molecular weight is 362 g/mol. The Hall–Kier alpha value is -3.22. The van der Waals surface area contributed by atoms with Gasteiger partial charge in [-0.05, 0) is 18.6 Å². The first-order valence-corrected chi connectivity index (χ1v) is 9.04. The third kappa shape index (κ3) is 3.40. The van der Waals surface area contributed by atoms with Crippen LogP contribution in [-0.4, -0.2) is 45.8 Å². The molecule has 2 aromatic heterocycles. The molecule has 3 heterocycles. The van der Waals surface area contributed by atoms with Crippen molar-refractivity contribution in [2.45, 2.75) is 25.4 Å². The first-order chi connectivity index (χ1) is 13.1. The van der Waals surface area contributed by atoms with Crippen molar-refractivity contribution in [3.05, 3.63) is 60.0 Å². The van der Waals surface area contributed by atoms with E-state index in [-0.39, 0.29) is 11.9 Å². The number of nitrogens with zero attached hydrogens (tertiary/aromatic N) is 5. The lowest BCUT2D eigenvalue weighted by molar-refractivity contribution is 0.0928. The Morgan fingerprint density at radius 1 is 1.15 bits per heavy atom. The number of carbonyl (C=O) groups excluding carboxylic acids is 1. The lowest BCUT2D eigenvalue weighted by atomic mass is 10.1. The van der Waals surface area contributed by atoms with E-state index in [1.165, 1.54) is 0 Å². The number of rotatable bonds is 4. The smallest absolute Gasteiger partial charge is 0.255 e. The van der Waals surface area contributed by atoms with Gasteiger partial charge in [0.25, 0.3) is 5.91 Å². The standard InChI is InChI=1S/C20H22N6O/c1-25(2)19-16(9-6-12-21-19)20(27)22-15-10-11-17-23-24-18(26(17)13-15)14-7-4-3-5-8-14/h3-9,12,15H,10-11,13H2,1-2H3,(H,22,27). The number of nitrogens with one attached hydrogen (secondary N) is 1. The van der Waals surface area contributed by atoms with Crippen molar-refractivity contribution >= 4 is 11.7 Å². The van der Waals surface area contributed by atoms with Gasteiger partial charge in [0.05, 0.1) is 5.56 Å². The molecule has 7 nitrogen and oxygen atoms in total. The maximum Gasteiger partial charge on any atom is 0.255 e. The topological polar surface area (TPSA) is 75.9 Å². The highest BCUT2D eigenvalue weighted by atomic mass is 16.1. The second-order valence-corrected chi connectivity index (χ2v) is 6.89. The van der Waals surface area contributed by atoms with Gasteiger partial charge >= 0.3 is 0 Å².